The molecular formula is C30H50O3. The van der Waals surface area contributed by atoms with Crippen molar-refractivity contribution < 1.29 is 14.3 Å². The molecule has 0 N–H and O–H groups in total. The lowest BCUT2D eigenvalue weighted by Gasteiger charge is -2.62. The number of carbonyl (C=O) groups is 2. The quantitative estimate of drug-likeness (QED) is 0.274. The third-order valence-electron chi connectivity index (χ3n) is 11.3. The van der Waals surface area contributed by atoms with Crippen LogP contribution < -0.4 is 0 Å². The minimum absolute atomic E-state index is 0.0287. The van der Waals surface area contributed by atoms with Crippen molar-refractivity contribution >= 4 is 11.8 Å². The van der Waals surface area contributed by atoms with Crippen LogP contribution >= 0.6 is 0 Å². The van der Waals surface area contributed by atoms with Crippen LogP contribution in [0.4, 0.5) is 0 Å². The highest BCUT2D eigenvalue weighted by molar-refractivity contribution is 5.79. The Kier molecular flexibility index (Phi) is 7.38. The SMILES string of the molecule is CCCCCCCC(=O)O[C@]1(C)CC[C@@]2(C)[C@@H](CC[C@@H]3[C@@H]2CC[C@]2(C)[C@@H](C(C)=O)CC[C@@H]32)C1. The summed E-state index contributed by atoms with van der Waals surface area (Å²) in [5, 5.41) is 0. The molecule has 0 spiro atoms. The number of Topliss-reactive ketones (excluding diaryl/α,β-unsaturated/α-hetero) is 1. The highest BCUT2D eigenvalue weighted by Gasteiger charge is 2.61. The molecule has 0 saturated heterocycles. The number of unbranched alkanes of at least 4 members (excludes halogenated alkanes) is 4. The summed E-state index contributed by atoms with van der Waals surface area (Å²) < 4.78 is 6.16. The summed E-state index contributed by atoms with van der Waals surface area (Å²) in [5.41, 5.74) is 0.352. The molecule has 4 rings (SSSR count). The summed E-state index contributed by atoms with van der Waals surface area (Å²) in [5.74, 6) is 3.75. The normalized spacial score (nSPS) is 44.5. The largest absolute Gasteiger partial charge is 0.459 e. The molecule has 4 aliphatic carbocycles. The lowest BCUT2D eigenvalue weighted by molar-refractivity contribution is -0.181. The molecule has 188 valence electrons. The van der Waals surface area contributed by atoms with E-state index in [1.54, 1.807) is 0 Å². The van der Waals surface area contributed by atoms with E-state index >= 15 is 0 Å². The maximum absolute atomic E-state index is 12.6. The molecular weight excluding hydrogens is 408 g/mol. The van der Waals surface area contributed by atoms with Crippen LogP contribution in [0.2, 0.25) is 0 Å². The van der Waals surface area contributed by atoms with Gasteiger partial charge in [0.05, 0.1) is 0 Å². The number of ether oxygens (including phenoxy) is 1. The predicted octanol–water partition coefficient (Wildman–Crippen LogP) is 7.90. The van der Waals surface area contributed by atoms with E-state index in [1.807, 2.05) is 6.92 Å². The standard InChI is InChI=1S/C30H50O3/c1-6-7-8-9-10-11-27(32)33-28(3)18-19-29(4)22(20-28)12-13-23-25-15-14-24(21(2)31)30(25,5)17-16-26(23)29/h22-26H,6-20H2,1-5H3/t22-,23-,24+,25-,26-,28+,29-,30+/m0/s1. The molecule has 33 heavy (non-hydrogen) atoms. The molecule has 0 heterocycles. The maximum atomic E-state index is 12.6. The van der Waals surface area contributed by atoms with E-state index in [4.69, 9.17) is 4.74 Å². The van der Waals surface area contributed by atoms with E-state index in [9.17, 15) is 9.59 Å². The number of esters is 1. The second-order valence-corrected chi connectivity index (χ2v) is 13.2. The molecule has 0 aromatic carbocycles. The Labute approximate surface area is 203 Å². The fourth-order valence-corrected chi connectivity index (χ4v) is 9.38. The molecule has 8 atom stereocenters. The number of ketones is 1. The summed E-state index contributed by atoms with van der Waals surface area (Å²) in [6.07, 6.45) is 17.2. The first-order chi connectivity index (χ1) is 15.6. The van der Waals surface area contributed by atoms with Gasteiger partial charge in [-0.15, -0.1) is 0 Å². The van der Waals surface area contributed by atoms with Crippen LogP contribution in [0.15, 0.2) is 0 Å². The summed E-state index contributed by atoms with van der Waals surface area (Å²) >= 11 is 0. The highest BCUT2D eigenvalue weighted by Crippen LogP contribution is 2.68. The lowest BCUT2D eigenvalue weighted by atomic mass is 9.44. The fourth-order valence-electron chi connectivity index (χ4n) is 9.38. The average molecular weight is 459 g/mol. The molecule has 0 bridgehead atoms. The van der Waals surface area contributed by atoms with Crippen molar-refractivity contribution in [3.05, 3.63) is 0 Å². The van der Waals surface area contributed by atoms with E-state index in [1.165, 1.54) is 57.8 Å². The van der Waals surface area contributed by atoms with Gasteiger partial charge in [-0.1, -0.05) is 46.5 Å². The number of hydrogen-bond donors (Lipinski definition) is 0. The Morgan fingerprint density at radius 3 is 2.27 bits per heavy atom. The molecule has 4 fully saturated rings. The van der Waals surface area contributed by atoms with Gasteiger partial charge in [-0.2, -0.15) is 0 Å². The summed E-state index contributed by atoms with van der Waals surface area (Å²) in [6.45, 7) is 11.3. The third-order valence-corrected chi connectivity index (χ3v) is 11.3. The van der Waals surface area contributed by atoms with E-state index in [0.717, 1.165) is 49.9 Å². The number of carbonyl (C=O) groups excluding carboxylic acids is 2. The van der Waals surface area contributed by atoms with Gasteiger partial charge in [0, 0.05) is 12.3 Å². The molecule has 0 aliphatic heterocycles. The fraction of sp³-hybridized carbons (Fsp3) is 0.933. The first-order valence-corrected chi connectivity index (χ1v) is 14.4. The molecule has 4 aliphatic rings. The minimum Gasteiger partial charge on any atom is -0.459 e. The topological polar surface area (TPSA) is 43.4 Å². The van der Waals surface area contributed by atoms with Gasteiger partial charge in [0.2, 0.25) is 0 Å². The van der Waals surface area contributed by atoms with E-state index < -0.39 is 0 Å². The monoisotopic (exact) mass is 458 g/mol. The van der Waals surface area contributed by atoms with Gasteiger partial charge in [-0.3, -0.25) is 9.59 Å². The van der Waals surface area contributed by atoms with E-state index in [2.05, 4.69) is 27.7 Å². The molecule has 3 nitrogen and oxygen atoms in total. The van der Waals surface area contributed by atoms with Gasteiger partial charge < -0.3 is 4.74 Å². The minimum atomic E-state index is -0.270. The van der Waals surface area contributed by atoms with Crippen molar-refractivity contribution in [1.29, 1.82) is 0 Å². The van der Waals surface area contributed by atoms with Crippen LogP contribution in [0, 0.1) is 40.4 Å². The summed E-state index contributed by atoms with van der Waals surface area (Å²) in [4.78, 5) is 25.0. The second kappa shape index (κ2) is 9.65. The van der Waals surface area contributed by atoms with Gasteiger partial charge in [-0.05, 0) is 113 Å². The zero-order valence-corrected chi connectivity index (χ0v) is 22.2. The predicted molar refractivity (Wildman–Crippen MR) is 134 cm³/mol. The number of fused-ring (bicyclic) bond motifs is 5. The Morgan fingerprint density at radius 2 is 1.55 bits per heavy atom. The van der Waals surface area contributed by atoms with Crippen molar-refractivity contribution in [2.75, 3.05) is 0 Å². The Bertz CT molecular complexity index is 730. The van der Waals surface area contributed by atoms with Crippen molar-refractivity contribution in [2.45, 2.75) is 137 Å². The van der Waals surface area contributed by atoms with Gasteiger partial charge in [0.25, 0.3) is 0 Å². The second-order valence-electron chi connectivity index (χ2n) is 13.2. The number of rotatable bonds is 8. The highest BCUT2D eigenvalue weighted by atomic mass is 16.6. The zero-order valence-electron chi connectivity index (χ0n) is 22.2. The van der Waals surface area contributed by atoms with Gasteiger partial charge in [-0.25, -0.2) is 0 Å². The van der Waals surface area contributed by atoms with Crippen LogP contribution in [-0.4, -0.2) is 17.4 Å². The maximum Gasteiger partial charge on any atom is 0.306 e. The lowest BCUT2D eigenvalue weighted by Crippen LogP contribution is -2.56. The summed E-state index contributed by atoms with van der Waals surface area (Å²) in [7, 11) is 0. The van der Waals surface area contributed by atoms with Crippen LogP contribution in [0.1, 0.15) is 131 Å². The zero-order chi connectivity index (χ0) is 23.9. The van der Waals surface area contributed by atoms with E-state index in [-0.39, 0.29) is 17.0 Å². The van der Waals surface area contributed by atoms with Crippen LogP contribution in [0.3, 0.4) is 0 Å². The summed E-state index contributed by atoms with van der Waals surface area (Å²) in [6, 6.07) is 0. The molecule has 0 unspecified atom stereocenters. The van der Waals surface area contributed by atoms with Crippen LogP contribution in [-0.2, 0) is 14.3 Å². The molecule has 0 amide bonds. The van der Waals surface area contributed by atoms with Crippen molar-refractivity contribution in [3.8, 4) is 0 Å². The first kappa shape index (κ1) is 25.2. The van der Waals surface area contributed by atoms with E-state index in [0.29, 0.717) is 29.5 Å². The van der Waals surface area contributed by atoms with Crippen LogP contribution in [0.25, 0.3) is 0 Å². The number of hydrogen-bond acceptors (Lipinski definition) is 3. The van der Waals surface area contributed by atoms with Gasteiger partial charge in [0.1, 0.15) is 11.4 Å². The van der Waals surface area contributed by atoms with Crippen molar-refractivity contribution in [1.82, 2.24) is 0 Å². The van der Waals surface area contributed by atoms with Gasteiger partial charge in [0.15, 0.2) is 0 Å². The van der Waals surface area contributed by atoms with Crippen LogP contribution in [0.5, 0.6) is 0 Å². The van der Waals surface area contributed by atoms with Crippen molar-refractivity contribution in [3.63, 3.8) is 0 Å². The molecule has 0 aromatic heterocycles. The Hall–Kier alpha value is -0.860. The molecule has 0 aromatic rings. The Balaban J connectivity index is 1.37. The van der Waals surface area contributed by atoms with Crippen molar-refractivity contribution in [2.24, 2.45) is 40.4 Å². The molecule has 4 saturated carbocycles. The smallest absolute Gasteiger partial charge is 0.306 e. The first-order valence-electron chi connectivity index (χ1n) is 14.4. The average Bonchev–Trinajstić information content (AvgIpc) is 3.11. The van der Waals surface area contributed by atoms with Gasteiger partial charge >= 0.3 is 5.97 Å². The molecule has 0 radical (unpaired) electrons. The third kappa shape index (κ3) is 4.68. The Morgan fingerprint density at radius 1 is 0.818 bits per heavy atom. The molecule has 3 heteroatoms.